The number of sulfone groups is 1. The zero-order valence-corrected chi connectivity index (χ0v) is 10.8. The van der Waals surface area contributed by atoms with Gasteiger partial charge in [0, 0.05) is 13.3 Å². The van der Waals surface area contributed by atoms with E-state index in [0.717, 1.165) is 5.52 Å². The van der Waals surface area contributed by atoms with Crippen molar-refractivity contribution in [2.75, 3.05) is 6.26 Å². The Labute approximate surface area is 100 Å². The molecular formula is C11H15N3O2S. The quantitative estimate of drug-likeness (QED) is 0.866. The number of aryl methyl sites for hydroxylation is 1. The molecule has 0 saturated carbocycles. The zero-order chi connectivity index (χ0) is 12.8. The first-order valence-electron chi connectivity index (χ1n) is 5.23. The van der Waals surface area contributed by atoms with E-state index in [1.54, 1.807) is 12.1 Å². The maximum Gasteiger partial charge on any atom is 0.177 e. The van der Waals surface area contributed by atoms with Gasteiger partial charge in [0.25, 0.3) is 0 Å². The molecule has 1 aromatic carbocycles. The average Bonchev–Trinajstić information content (AvgIpc) is 2.55. The summed E-state index contributed by atoms with van der Waals surface area (Å²) >= 11 is 0. The van der Waals surface area contributed by atoms with Gasteiger partial charge in [0.05, 0.1) is 16.5 Å². The van der Waals surface area contributed by atoms with E-state index in [9.17, 15) is 8.42 Å². The van der Waals surface area contributed by atoms with Crippen molar-refractivity contribution >= 4 is 20.9 Å². The normalized spacial score (nSPS) is 14.1. The Morgan fingerprint density at radius 2 is 2.06 bits per heavy atom. The number of fused-ring (bicyclic) bond motifs is 1. The fourth-order valence-corrected chi connectivity index (χ4v) is 2.74. The lowest BCUT2D eigenvalue weighted by Crippen LogP contribution is -2.11. The molecule has 0 aliphatic carbocycles. The van der Waals surface area contributed by atoms with Crippen molar-refractivity contribution in [3.63, 3.8) is 0 Å². The largest absolute Gasteiger partial charge is 0.330 e. The van der Waals surface area contributed by atoms with Crippen LogP contribution in [0.1, 0.15) is 18.8 Å². The van der Waals surface area contributed by atoms with Gasteiger partial charge in [-0.2, -0.15) is 0 Å². The lowest BCUT2D eigenvalue weighted by atomic mass is 10.3. The van der Waals surface area contributed by atoms with Crippen molar-refractivity contribution in [2.24, 2.45) is 12.8 Å². The molecule has 2 aromatic rings. The predicted octanol–water partition coefficient (Wildman–Crippen LogP) is 0.996. The minimum Gasteiger partial charge on any atom is -0.330 e. The number of imidazole rings is 1. The van der Waals surface area contributed by atoms with E-state index < -0.39 is 9.84 Å². The second kappa shape index (κ2) is 3.82. The van der Waals surface area contributed by atoms with Crippen LogP contribution in [0.5, 0.6) is 0 Å². The van der Waals surface area contributed by atoms with Crippen LogP contribution in [0.4, 0.5) is 0 Å². The summed E-state index contributed by atoms with van der Waals surface area (Å²) in [6.45, 7) is 1.82. The second-order valence-corrected chi connectivity index (χ2v) is 6.20. The summed E-state index contributed by atoms with van der Waals surface area (Å²) in [4.78, 5) is 4.58. The van der Waals surface area contributed by atoms with Gasteiger partial charge in [-0.05, 0) is 19.1 Å². The number of hydrogen-bond donors (Lipinski definition) is 1. The minimum atomic E-state index is -3.28. The molecule has 17 heavy (non-hydrogen) atoms. The van der Waals surface area contributed by atoms with Crippen LogP contribution in [0.2, 0.25) is 0 Å². The molecule has 6 heteroatoms. The number of benzene rings is 1. The Balaban J connectivity index is 2.88. The minimum absolute atomic E-state index is 0.236. The van der Waals surface area contributed by atoms with Crippen molar-refractivity contribution in [1.29, 1.82) is 0 Å². The van der Waals surface area contributed by atoms with Crippen molar-refractivity contribution in [2.45, 2.75) is 17.9 Å². The highest BCUT2D eigenvalue weighted by Crippen LogP contribution is 2.24. The lowest BCUT2D eigenvalue weighted by molar-refractivity contribution is 0.602. The summed E-state index contributed by atoms with van der Waals surface area (Å²) in [7, 11) is -1.44. The Hall–Kier alpha value is -1.40. The number of rotatable bonds is 2. The summed E-state index contributed by atoms with van der Waals surface area (Å²) < 4.78 is 25.1. The number of aromatic nitrogens is 2. The second-order valence-electron chi connectivity index (χ2n) is 4.21. The van der Waals surface area contributed by atoms with Gasteiger partial charge in [-0.15, -0.1) is 0 Å². The summed E-state index contributed by atoms with van der Waals surface area (Å²) in [6, 6.07) is 4.88. The van der Waals surface area contributed by atoms with Gasteiger partial charge in [0.2, 0.25) is 0 Å². The van der Waals surface area contributed by atoms with E-state index in [2.05, 4.69) is 4.98 Å². The molecule has 1 aromatic heterocycles. The predicted molar refractivity (Wildman–Crippen MR) is 66.4 cm³/mol. The molecule has 92 valence electrons. The standard InChI is InChI=1S/C11H15N3O2S/c1-7(12)11-13-10-8(14(11)2)5-4-6-9(10)17(3,15)16/h4-7H,12H2,1-3H3. The van der Waals surface area contributed by atoms with Crippen LogP contribution in [-0.4, -0.2) is 24.2 Å². The summed E-state index contributed by atoms with van der Waals surface area (Å²) in [5.41, 5.74) is 7.07. The Morgan fingerprint density at radius 3 is 2.59 bits per heavy atom. The molecular weight excluding hydrogens is 238 g/mol. The Kier molecular flexibility index (Phi) is 2.71. The van der Waals surface area contributed by atoms with E-state index in [4.69, 9.17) is 5.73 Å². The van der Waals surface area contributed by atoms with Gasteiger partial charge in [-0.1, -0.05) is 6.07 Å². The first-order valence-corrected chi connectivity index (χ1v) is 7.12. The molecule has 5 nitrogen and oxygen atoms in total. The first kappa shape index (κ1) is 12.1. The highest BCUT2D eigenvalue weighted by molar-refractivity contribution is 7.91. The molecule has 2 rings (SSSR count). The van der Waals surface area contributed by atoms with E-state index >= 15 is 0 Å². The van der Waals surface area contributed by atoms with Gasteiger partial charge >= 0.3 is 0 Å². The number of hydrogen-bond acceptors (Lipinski definition) is 4. The van der Waals surface area contributed by atoms with Gasteiger partial charge in [0.15, 0.2) is 9.84 Å². The number of nitrogens with zero attached hydrogens (tertiary/aromatic N) is 2. The monoisotopic (exact) mass is 253 g/mol. The van der Waals surface area contributed by atoms with Crippen molar-refractivity contribution in [3.8, 4) is 0 Å². The highest BCUT2D eigenvalue weighted by atomic mass is 32.2. The van der Waals surface area contributed by atoms with E-state index in [-0.39, 0.29) is 10.9 Å². The molecule has 1 heterocycles. The molecule has 0 radical (unpaired) electrons. The van der Waals surface area contributed by atoms with Crippen LogP contribution in [-0.2, 0) is 16.9 Å². The molecule has 0 fully saturated rings. The fourth-order valence-electron chi connectivity index (χ4n) is 1.91. The van der Waals surface area contributed by atoms with E-state index in [1.165, 1.54) is 6.26 Å². The summed E-state index contributed by atoms with van der Waals surface area (Å²) in [6.07, 6.45) is 1.18. The smallest absolute Gasteiger partial charge is 0.177 e. The summed E-state index contributed by atoms with van der Waals surface area (Å²) in [5.74, 6) is 0.677. The third kappa shape index (κ3) is 1.94. The van der Waals surface area contributed by atoms with Crippen LogP contribution in [0.3, 0.4) is 0 Å². The maximum atomic E-state index is 11.7. The van der Waals surface area contributed by atoms with Gasteiger partial charge in [0.1, 0.15) is 11.3 Å². The molecule has 1 atom stereocenters. The van der Waals surface area contributed by atoms with Crippen LogP contribution < -0.4 is 5.73 Å². The number of para-hydroxylation sites is 1. The Bertz CT molecular complexity index is 671. The maximum absolute atomic E-state index is 11.7. The molecule has 1 unspecified atom stereocenters. The molecule has 0 amide bonds. The van der Waals surface area contributed by atoms with E-state index in [1.807, 2.05) is 24.6 Å². The highest BCUT2D eigenvalue weighted by Gasteiger charge is 2.18. The molecule has 0 aliphatic heterocycles. The van der Waals surface area contributed by atoms with E-state index in [0.29, 0.717) is 11.3 Å². The van der Waals surface area contributed by atoms with Crippen LogP contribution in [0.25, 0.3) is 11.0 Å². The number of nitrogens with two attached hydrogens (primary N) is 1. The first-order chi connectivity index (χ1) is 7.82. The van der Waals surface area contributed by atoms with Gasteiger partial charge in [-0.25, -0.2) is 13.4 Å². The summed E-state index contributed by atoms with van der Waals surface area (Å²) in [5, 5.41) is 0. The van der Waals surface area contributed by atoms with Crippen LogP contribution in [0, 0.1) is 0 Å². The molecule has 2 N–H and O–H groups in total. The third-order valence-electron chi connectivity index (χ3n) is 2.72. The van der Waals surface area contributed by atoms with Gasteiger partial charge < -0.3 is 10.3 Å². The molecule has 0 bridgehead atoms. The Morgan fingerprint density at radius 1 is 1.41 bits per heavy atom. The molecule has 0 spiro atoms. The third-order valence-corrected chi connectivity index (χ3v) is 3.84. The molecule has 0 saturated heterocycles. The van der Waals surface area contributed by atoms with Crippen LogP contribution >= 0.6 is 0 Å². The van der Waals surface area contributed by atoms with Crippen LogP contribution in [0.15, 0.2) is 23.1 Å². The van der Waals surface area contributed by atoms with Crippen molar-refractivity contribution in [1.82, 2.24) is 9.55 Å². The fraction of sp³-hybridized carbons (Fsp3) is 0.364. The van der Waals surface area contributed by atoms with Crippen molar-refractivity contribution in [3.05, 3.63) is 24.0 Å². The zero-order valence-electron chi connectivity index (χ0n) is 10.0. The SMILES string of the molecule is CC(N)c1nc2c(S(C)(=O)=O)cccc2n1C. The average molecular weight is 253 g/mol. The van der Waals surface area contributed by atoms with Crippen molar-refractivity contribution < 1.29 is 8.42 Å². The van der Waals surface area contributed by atoms with Gasteiger partial charge in [-0.3, -0.25) is 0 Å². The lowest BCUT2D eigenvalue weighted by Gasteiger charge is -2.04. The topological polar surface area (TPSA) is 78.0 Å². The molecule has 0 aliphatic rings.